The number of alkyl halides is 1. The molecule has 7 heteroatoms. The van der Waals surface area contributed by atoms with Crippen molar-refractivity contribution in [3.05, 3.63) is 40.6 Å². The monoisotopic (exact) mass is 353 g/mol. The zero-order valence-electron chi connectivity index (χ0n) is 11.1. The van der Waals surface area contributed by atoms with E-state index >= 15 is 0 Å². The second-order valence-electron chi connectivity index (χ2n) is 4.64. The van der Waals surface area contributed by atoms with Crippen LogP contribution in [0.15, 0.2) is 29.0 Å². The maximum absolute atomic E-state index is 6.25. The molecule has 20 heavy (non-hydrogen) atoms. The molecule has 0 saturated heterocycles. The predicted octanol–water partition coefficient (Wildman–Crippen LogP) is 3.28. The summed E-state index contributed by atoms with van der Waals surface area (Å²) in [6.45, 7) is 2.47. The van der Waals surface area contributed by atoms with Crippen LogP contribution in [-0.2, 0) is 13.6 Å². The molecule has 3 aromatic rings. The van der Waals surface area contributed by atoms with Gasteiger partial charge in [-0.15, -0.1) is 11.6 Å². The van der Waals surface area contributed by atoms with Gasteiger partial charge in [-0.05, 0) is 25.1 Å². The first kappa shape index (κ1) is 13.6. The molecule has 3 rings (SSSR count). The molecular formula is C13H13BrClN5. The molecule has 0 bridgehead atoms. The van der Waals surface area contributed by atoms with Crippen molar-refractivity contribution in [2.75, 3.05) is 0 Å². The molecule has 0 aliphatic rings. The predicted molar refractivity (Wildman–Crippen MR) is 81.8 cm³/mol. The van der Waals surface area contributed by atoms with Gasteiger partial charge in [-0.3, -0.25) is 4.68 Å². The molecule has 5 nitrogen and oxygen atoms in total. The molecule has 0 radical (unpaired) electrons. The van der Waals surface area contributed by atoms with Crippen LogP contribution in [0.25, 0.3) is 11.0 Å². The number of fused-ring (bicyclic) bond motifs is 1. The lowest BCUT2D eigenvalue weighted by molar-refractivity contribution is 0.684. The van der Waals surface area contributed by atoms with Crippen LogP contribution in [0.4, 0.5) is 0 Å². The summed E-state index contributed by atoms with van der Waals surface area (Å²) in [7, 11) is 1.85. The van der Waals surface area contributed by atoms with Gasteiger partial charge in [0.05, 0.1) is 23.0 Å². The van der Waals surface area contributed by atoms with Gasteiger partial charge in [0.1, 0.15) is 12.2 Å². The van der Waals surface area contributed by atoms with Gasteiger partial charge in [0.25, 0.3) is 0 Å². The third kappa shape index (κ3) is 2.45. The van der Waals surface area contributed by atoms with Crippen molar-refractivity contribution in [3.63, 3.8) is 0 Å². The van der Waals surface area contributed by atoms with Gasteiger partial charge in [0, 0.05) is 11.5 Å². The van der Waals surface area contributed by atoms with E-state index < -0.39 is 0 Å². The molecule has 0 aliphatic carbocycles. The van der Waals surface area contributed by atoms with Crippen LogP contribution < -0.4 is 0 Å². The minimum absolute atomic E-state index is 0.176. The Hall–Kier alpha value is -1.40. The molecule has 0 saturated carbocycles. The molecule has 0 amide bonds. The van der Waals surface area contributed by atoms with Gasteiger partial charge in [-0.1, -0.05) is 15.9 Å². The molecule has 2 heterocycles. The maximum atomic E-state index is 6.25. The lowest BCUT2D eigenvalue weighted by Crippen LogP contribution is -2.07. The molecule has 0 N–H and O–H groups in total. The van der Waals surface area contributed by atoms with Crippen LogP contribution in [0.1, 0.15) is 23.9 Å². The normalized spacial score (nSPS) is 13.0. The van der Waals surface area contributed by atoms with Crippen molar-refractivity contribution in [1.82, 2.24) is 24.3 Å². The lowest BCUT2D eigenvalue weighted by atomic mass is 10.3. The number of halogens is 2. The Bertz CT molecular complexity index is 761. The smallest absolute Gasteiger partial charge is 0.170 e. The van der Waals surface area contributed by atoms with Crippen LogP contribution >= 0.6 is 27.5 Å². The molecule has 0 fully saturated rings. The third-order valence-corrected chi connectivity index (χ3v) is 3.73. The van der Waals surface area contributed by atoms with Crippen molar-refractivity contribution in [2.45, 2.75) is 18.8 Å². The Morgan fingerprint density at radius 3 is 2.85 bits per heavy atom. The fourth-order valence-corrected chi connectivity index (χ4v) is 2.70. The van der Waals surface area contributed by atoms with Crippen LogP contribution in [-0.4, -0.2) is 24.3 Å². The molecule has 0 spiro atoms. The van der Waals surface area contributed by atoms with E-state index in [2.05, 4.69) is 35.6 Å². The van der Waals surface area contributed by atoms with Gasteiger partial charge in [-0.2, -0.15) is 5.10 Å². The number of imidazole rings is 1. The number of rotatable bonds is 3. The number of aryl methyl sites for hydroxylation is 1. The Morgan fingerprint density at radius 1 is 1.40 bits per heavy atom. The summed E-state index contributed by atoms with van der Waals surface area (Å²) in [5, 5.41) is 4.14. The summed E-state index contributed by atoms with van der Waals surface area (Å²) in [6.07, 6.45) is 1.69. The Morgan fingerprint density at radius 2 is 2.20 bits per heavy atom. The van der Waals surface area contributed by atoms with Gasteiger partial charge >= 0.3 is 0 Å². The minimum atomic E-state index is -0.176. The number of nitrogens with zero attached hydrogens (tertiary/aromatic N) is 5. The first-order valence-electron chi connectivity index (χ1n) is 6.19. The van der Waals surface area contributed by atoms with Crippen molar-refractivity contribution in [3.8, 4) is 0 Å². The van der Waals surface area contributed by atoms with E-state index in [-0.39, 0.29) is 5.38 Å². The zero-order chi connectivity index (χ0) is 14.3. The standard InChI is InChI=1S/C13H13BrClN5/c1-8(15)13-17-10-4-3-9(14)5-11(10)20(13)6-12-16-7-19(2)18-12/h3-5,7-8H,6H2,1-2H3. The molecule has 1 aromatic carbocycles. The lowest BCUT2D eigenvalue weighted by Gasteiger charge is -2.08. The molecular weight excluding hydrogens is 342 g/mol. The minimum Gasteiger partial charge on any atom is -0.319 e. The summed E-state index contributed by atoms with van der Waals surface area (Å²) in [4.78, 5) is 8.87. The highest BCUT2D eigenvalue weighted by atomic mass is 79.9. The summed E-state index contributed by atoms with van der Waals surface area (Å²) in [5.41, 5.74) is 1.95. The number of hydrogen-bond acceptors (Lipinski definition) is 3. The van der Waals surface area contributed by atoms with E-state index in [9.17, 15) is 0 Å². The van der Waals surface area contributed by atoms with Crippen molar-refractivity contribution >= 4 is 38.6 Å². The van der Waals surface area contributed by atoms with Gasteiger partial charge < -0.3 is 4.57 Å². The second kappa shape index (κ2) is 5.18. The molecule has 1 unspecified atom stereocenters. The van der Waals surface area contributed by atoms with Crippen LogP contribution in [0.3, 0.4) is 0 Å². The Labute approximate surface area is 129 Å². The van der Waals surface area contributed by atoms with Gasteiger partial charge in [0.15, 0.2) is 5.82 Å². The third-order valence-electron chi connectivity index (χ3n) is 3.04. The van der Waals surface area contributed by atoms with Crippen molar-refractivity contribution < 1.29 is 0 Å². The van der Waals surface area contributed by atoms with Crippen molar-refractivity contribution in [2.24, 2.45) is 7.05 Å². The maximum Gasteiger partial charge on any atom is 0.170 e. The molecule has 1 atom stereocenters. The topological polar surface area (TPSA) is 48.5 Å². The van der Waals surface area contributed by atoms with E-state index in [4.69, 9.17) is 11.6 Å². The first-order valence-corrected chi connectivity index (χ1v) is 7.42. The van der Waals surface area contributed by atoms with E-state index in [0.717, 1.165) is 27.2 Å². The summed E-state index contributed by atoms with van der Waals surface area (Å²) >= 11 is 9.74. The average molecular weight is 355 g/mol. The number of aromatic nitrogens is 5. The fourth-order valence-electron chi connectivity index (χ4n) is 2.18. The summed E-state index contributed by atoms with van der Waals surface area (Å²) in [5.74, 6) is 1.57. The molecule has 2 aromatic heterocycles. The fraction of sp³-hybridized carbons (Fsp3) is 0.308. The Balaban J connectivity index is 2.15. The van der Waals surface area contributed by atoms with Crippen LogP contribution in [0, 0.1) is 0 Å². The second-order valence-corrected chi connectivity index (χ2v) is 6.21. The highest BCUT2D eigenvalue weighted by Gasteiger charge is 2.16. The molecule has 104 valence electrons. The van der Waals surface area contributed by atoms with Gasteiger partial charge in [-0.25, -0.2) is 9.97 Å². The summed E-state index contributed by atoms with van der Waals surface area (Å²) in [6, 6.07) is 5.99. The van der Waals surface area contributed by atoms with Gasteiger partial charge in [0.2, 0.25) is 0 Å². The SMILES string of the molecule is CC(Cl)c1nc2ccc(Br)cc2n1Cc1ncn(C)n1. The largest absolute Gasteiger partial charge is 0.319 e. The van der Waals surface area contributed by atoms with Crippen molar-refractivity contribution in [1.29, 1.82) is 0 Å². The molecule has 0 aliphatic heterocycles. The number of benzene rings is 1. The van der Waals surface area contributed by atoms with E-state index in [0.29, 0.717) is 6.54 Å². The zero-order valence-corrected chi connectivity index (χ0v) is 13.4. The highest BCUT2D eigenvalue weighted by Crippen LogP contribution is 2.27. The first-order chi connectivity index (χ1) is 9.54. The highest BCUT2D eigenvalue weighted by molar-refractivity contribution is 9.10. The van der Waals surface area contributed by atoms with E-state index in [1.807, 2.05) is 32.2 Å². The average Bonchev–Trinajstić information content (AvgIpc) is 2.95. The van der Waals surface area contributed by atoms with E-state index in [1.165, 1.54) is 0 Å². The van der Waals surface area contributed by atoms with Crippen LogP contribution in [0.5, 0.6) is 0 Å². The summed E-state index contributed by atoms with van der Waals surface area (Å²) < 4.78 is 4.76. The Kier molecular flexibility index (Phi) is 3.52. The quantitative estimate of drug-likeness (QED) is 0.678. The number of hydrogen-bond donors (Lipinski definition) is 0. The van der Waals surface area contributed by atoms with Crippen LogP contribution in [0.2, 0.25) is 0 Å². The van der Waals surface area contributed by atoms with E-state index in [1.54, 1.807) is 11.0 Å².